The van der Waals surface area contributed by atoms with Gasteiger partial charge in [-0.25, -0.2) is 18.5 Å². The molecule has 0 unspecified atom stereocenters. The molecule has 3 aromatic rings. The van der Waals surface area contributed by atoms with Gasteiger partial charge in [0.05, 0.1) is 22.5 Å². The topological polar surface area (TPSA) is 234 Å². The largest absolute Gasteiger partial charge is 0.504 e. The van der Waals surface area contributed by atoms with E-state index in [1.54, 1.807) is 30.3 Å². The Labute approximate surface area is 230 Å². The number of rotatable bonds is 11. The van der Waals surface area contributed by atoms with E-state index in [2.05, 4.69) is 36.7 Å². The molecule has 0 aliphatic rings. The van der Waals surface area contributed by atoms with Crippen LogP contribution in [0.2, 0.25) is 0 Å². The minimum Gasteiger partial charge on any atom is -0.504 e. The highest BCUT2D eigenvalue weighted by Crippen LogP contribution is 2.35. The number of phenols is 1. The third-order valence-corrected chi connectivity index (χ3v) is 7.58. The number of nitrogens with one attached hydrogen (secondary N) is 1. The molecule has 3 aromatic carbocycles. The van der Waals surface area contributed by atoms with Crippen molar-refractivity contribution in [1.82, 2.24) is 0 Å². The molecular weight excluding hydrogens is 592 g/mol. The zero-order valence-corrected chi connectivity index (χ0v) is 22.2. The van der Waals surface area contributed by atoms with Crippen LogP contribution in [0.15, 0.2) is 103 Å². The van der Waals surface area contributed by atoms with Crippen LogP contribution in [0.1, 0.15) is 15.9 Å². The van der Waals surface area contributed by atoms with E-state index in [9.17, 15) is 36.4 Å². The number of aromatic carboxylic acids is 1. The van der Waals surface area contributed by atoms with E-state index in [0.717, 1.165) is 6.07 Å². The second-order valence-corrected chi connectivity index (χ2v) is 11.4. The minimum atomic E-state index is -5.08. The number of hydrogen-bond donors (Lipinski definition) is 5. The summed E-state index contributed by atoms with van der Waals surface area (Å²) in [6, 6.07) is 13.1. The molecule has 5 N–H and O–H groups in total. The molecule has 0 aliphatic carbocycles. The van der Waals surface area contributed by atoms with Gasteiger partial charge in [-0.2, -0.15) is 13.5 Å². The number of carboxylic acids is 1. The van der Waals surface area contributed by atoms with Gasteiger partial charge in [0.15, 0.2) is 15.6 Å². The smallest absolute Gasteiger partial charge is 0.337 e. The van der Waals surface area contributed by atoms with E-state index in [0.29, 0.717) is 29.1 Å². The van der Waals surface area contributed by atoms with Crippen molar-refractivity contribution in [2.45, 2.75) is 14.7 Å². The molecular formula is C22H18N4O11S3. The van der Waals surface area contributed by atoms with Crippen molar-refractivity contribution >= 4 is 55.2 Å². The van der Waals surface area contributed by atoms with Gasteiger partial charge in [-0.3, -0.25) is 9.98 Å². The third-order valence-electron chi connectivity index (χ3n) is 4.80. The zero-order chi connectivity index (χ0) is 29.5. The van der Waals surface area contributed by atoms with Crippen LogP contribution in [0.5, 0.6) is 5.75 Å². The average Bonchev–Trinajstić information content (AvgIpc) is 2.92. The molecule has 40 heavy (non-hydrogen) atoms. The van der Waals surface area contributed by atoms with Crippen molar-refractivity contribution in [3.05, 3.63) is 83.8 Å². The molecule has 0 atom stereocenters. The normalized spacial score (nSPS) is 12.4. The van der Waals surface area contributed by atoms with Gasteiger partial charge in [-0.1, -0.05) is 41.9 Å². The monoisotopic (exact) mass is 610 g/mol. The summed E-state index contributed by atoms with van der Waals surface area (Å²) in [6.45, 7) is 3.15. The lowest BCUT2D eigenvalue weighted by Gasteiger charge is -2.11. The second kappa shape index (κ2) is 12.8. The summed E-state index contributed by atoms with van der Waals surface area (Å²) in [4.78, 5) is 10.2. The first-order valence-electron chi connectivity index (χ1n) is 10.4. The van der Waals surface area contributed by atoms with E-state index in [-0.39, 0.29) is 22.0 Å². The number of azo groups is 1. The van der Waals surface area contributed by atoms with Crippen LogP contribution in [0.3, 0.4) is 0 Å². The first kappa shape index (κ1) is 30.4. The van der Waals surface area contributed by atoms with Crippen LogP contribution < -0.4 is 5.43 Å². The average molecular weight is 611 g/mol. The summed E-state index contributed by atoms with van der Waals surface area (Å²) >= 11 is 0.540. The fraction of sp³-hybridized carbons (Fsp3) is 0. The van der Waals surface area contributed by atoms with Gasteiger partial charge in [-0.05, 0) is 30.3 Å². The van der Waals surface area contributed by atoms with Crippen LogP contribution in [0.4, 0.5) is 11.4 Å². The Hall–Kier alpha value is -4.17. The van der Waals surface area contributed by atoms with Crippen LogP contribution in [0, 0.1) is 0 Å². The number of aromatic hydroxyl groups is 1. The standard InChI is InChI=1S/C22H18N4O11S3/c1-2-39(31,32)15-11-18(20(27)19(12-15)40(33,34)35)24-26-21(13-6-4-3-5-7-13)25-23-17-10-14(38-37-36-30)8-9-16(17)22(28)29/h2-12,24,27,30H,1H2,(H,28,29)(H,33,34,35). The van der Waals surface area contributed by atoms with Crippen molar-refractivity contribution in [3.8, 4) is 5.75 Å². The summed E-state index contributed by atoms with van der Waals surface area (Å²) in [5.41, 5.74) is 1.62. The number of nitrogens with zero attached hydrogens (tertiary/aromatic N) is 3. The van der Waals surface area contributed by atoms with E-state index >= 15 is 0 Å². The van der Waals surface area contributed by atoms with E-state index in [4.69, 9.17) is 5.26 Å². The lowest BCUT2D eigenvalue weighted by atomic mass is 10.2. The molecule has 0 bridgehead atoms. The van der Waals surface area contributed by atoms with Crippen LogP contribution in [0.25, 0.3) is 0 Å². The summed E-state index contributed by atoms with van der Waals surface area (Å²) in [6.07, 6.45) is 0. The molecule has 0 aromatic heterocycles. The molecule has 210 valence electrons. The van der Waals surface area contributed by atoms with E-state index in [1.807, 2.05) is 0 Å². The number of sulfone groups is 1. The number of carbonyl (C=O) groups is 1. The maximum Gasteiger partial charge on any atom is 0.337 e. The maximum atomic E-state index is 12.3. The van der Waals surface area contributed by atoms with Crippen molar-refractivity contribution < 1.29 is 51.0 Å². The first-order valence-corrected chi connectivity index (χ1v) is 14.1. The van der Waals surface area contributed by atoms with Crippen molar-refractivity contribution in [3.63, 3.8) is 0 Å². The van der Waals surface area contributed by atoms with Gasteiger partial charge in [0, 0.05) is 15.9 Å². The molecule has 0 heterocycles. The molecule has 15 nitrogen and oxygen atoms in total. The predicted molar refractivity (Wildman–Crippen MR) is 140 cm³/mol. The molecule has 0 spiro atoms. The van der Waals surface area contributed by atoms with Gasteiger partial charge in [0.25, 0.3) is 10.1 Å². The molecule has 18 heteroatoms. The molecule has 0 saturated carbocycles. The summed E-state index contributed by atoms with van der Waals surface area (Å²) in [7, 11) is -9.31. The van der Waals surface area contributed by atoms with Crippen molar-refractivity contribution in [2.24, 2.45) is 15.3 Å². The SMILES string of the molecule is C=CS(=O)(=O)c1cc(NN=C(N=Nc2cc(SOOO)ccc2C(=O)O)c2ccccc2)c(O)c(S(=O)(=O)O)c1. The highest BCUT2D eigenvalue weighted by molar-refractivity contribution is 7.94. The van der Waals surface area contributed by atoms with Gasteiger partial charge in [0.1, 0.15) is 16.3 Å². The lowest BCUT2D eigenvalue weighted by Crippen LogP contribution is -2.06. The van der Waals surface area contributed by atoms with Gasteiger partial charge in [0.2, 0.25) is 5.84 Å². The third kappa shape index (κ3) is 7.48. The predicted octanol–water partition coefficient (Wildman–Crippen LogP) is 4.24. The minimum absolute atomic E-state index is 0.168. The van der Waals surface area contributed by atoms with Gasteiger partial charge < -0.3 is 10.2 Å². The van der Waals surface area contributed by atoms with Crippen LogP contribution >= 0.6 is 12.0 Å². The van der Waals surface area contributed by atoms with E-state index in [1.165, 1.54) is 18.2 Å². The van der Waals surface area contributed by atoms with Gasteiger partial charge >= 0.3 is 5.97 Å². The second-order valence-electron chi connectivity index (χ2n) is 7.33. The fourth-order valence-corrected chi connectivity index (χ4v) is 4.81. The fourth-order valence-electron chi connectivity index (χ4n) is 2.95. The number of anilines is 1. The van der Waals surface area contributed by atoms with Crippen molar-refractivity contribution in [2.75, 3.05) is 5.43 Å². The lowest BCUT2D eigenvalue weighted by molar-refractivity contribution is -0.432. The summed E-state index contributed by atoms with van der Waals surface area (Å²) < 4.78 is 61.9. The Balaban J connectivity index is 2.14. The number of hydrazone groups is 1. The molecule has 0 saturated heterocycles. The number of hydrogen-bond acceptors (Lipinski definition) is 13. The summed E-state index contributed by atoms with van der Waals surface area (Å²) in [5.74, 6) is -2.62. The number of amidine groups is 1. The molecule has 0 aliphatic heterocycles. The Morgan fingerprint density at radius 3 is 2.35 bits per heavy atom. The van der Waals surface area contributed by atoms with E-state index < -0.39 is 47.2 Å². The zero-order valence-electron chi connectivity index (χ0n) is 19.8. The van der Waals surface area contributed by atoms with Crippen LogP contribution in [-0.2, 0) is 29.3 Å². The van der Waals surface area contributed by atoms with Crippen molar-refractivity contribution in [1.29, 1.82) is 0 Å². The number of phenolic OH excluding ortho intramolecular Hbond substituents is 1. The summed E-state index contributed by atoms with van der Waals surface area (Å²) in [5, 5.41) is 44.2. The molecule has 0 fully saturated rings. The molecule has 0 amide bonds. The Morgan fingerprint density at radius 1 is 1.05 bits per heavy atom. The highest BCUT2D eigenvalue weighted by atomic mass is 32.2. The van der Waals surface area contributed by atoms with Crippen LogP contribution in [-0.4, -0.2) is 48.7 Å². The number of benzene rings is 3. The Morgan fingerprint density at radius 2 is 1.75 bits per heavy atom. The molecule has 0 radical (unpaired) electrons. The maximum absolute atomic E-state index is 12.3. The number of carboxylic acid groups (broad SMARTS) is 1. The molecule has 3 rings (SSSR count). The quantitative estimate of drug-likeness (QED) is 0.0299. The Kier molecular flexibility index (Phi) is 9.71. The first-order chi connectivity index (χ1) is 18.9. The highest BCUT2D eigenvalue weighted by Gasteiger charge is 2.24. The Bertz CT molecular complexity index is 1710. The van der Waals surface area contributed by atoms with Gasteiger partial charge in [-0.15, -0.1) is 14.6 Å².